The second-order valence-corrected chi connectivity index (χ2v) is 6.51. The molecule has 0 amide bonds. The van der Waals surface area contributed by atoms with Gasteiger partial charge in [0.1, 0.15) is 0 Å². The highest BCUT2D eigenvalue weighted by atomic mass is 15.0. The van der Waals surface area contributed by atoms with Gasteiger partial charge in [0.15, 0.2) is 0 Å². The molecular formula is C14H28N2. The maximum atomic E-state index is 3.77. The van der Waals surface area contributed by atoms with Crippen LogP contribution in [0.1, 0.15) is 58.8 Å². The maximum Gasteiger partial charge on any atom is 0.0192 e. The molecule has 2 fully saturated rings. The smallest absolute Gasteiger partial charge is 0.0192 e. The second-order valence-electron chi connectivity index (χ2n) is 6.51. The largest absolute Gasteiger partial charge is 0.313 e. The Balaban J connectivity index is 1.67. The van der Waals surface area contributed by atoms with Gasteiger partial charge in [0.25, 0.3) is 0 Å². The van der Waals surface area contributed by atoms with Gasteiger partial charge >= 0.3 is 0 Å². The minimum absolute atomic E-state index is 0.578. The fourth-order valence-electron chi connectivity index (χ4n) is 3.19. The summed E-state index contributed by atoms with van der Waals surface area (Å²) in [4.78, 5) is 0. The van der Waals surface area contributed by atoms with Crippen molar-refractivity contribution in [1.29, 1.82) is 0 Å². The van der Waals surface area contributed by atoms with E-state index in [2.05, 4.69) is 24.5 Å². The Morgan fingerprint density at radius 1 is 1.19 bits per heavy atom. The highest BCUT2D eigenvalue weighted by Crippen LogP contribution is 2.36. The van der Waals surface area contributed by atoms with Crippen molar-refractivity contribution >= 4 is 0 Å². The molecule has 0 aromatic carbocycles. The van der Waals surface area contributed by atoms with Crippen molar-refractivity contribution < 1.29 is 0 Å². The average Bonchev–Trinajstić information content (AvgIpc) is 2.47. The van der Waals surface area contributed by atoms with Crippen molar-refractivity contribution in [3.63, 3.8) is 0 Å². The number of nitrogens with one attached hydrogen (secondary N) is 2. The number of rotatable bonds is 3. The molecule has 2 rings (SSSR count). The molecule has 0 aromatic rings. The van der Waals surface area contributed by atoms with E-state index in [-0.39, 0.29) is 0 Å². The van der Waals surface area contributed by atoms with Crippen molar-refractivity contribution in [1.82, 2.24) is 10.6 Å². The van der Waals surface area contributed by atoms with Crippen molar-refractivity contribution in [3.8, 4) is 0 Å². The molecule has 1 aliphatic carbocycles. The molecule has 1 aliphatic heterocycles. The van der Waals surface area contributed by atoms with Crippen LogP contribution in [0.2, 0.25) is 0 Å². The topological polar surface area (TPSA) is 24.1 Å². The summed E-state index contributed by atoms with van der Waals surface area (Å²) >= 11 is 0. The quantitative estimate of drug-likeness (QED) is 0.770. The summed E-state index contributed by atoms with van der Waals surface area (Å²) in [5.74, 6) is 0. The van der Waals surface area contributed by atoms with Gasteiger partial charge in [-0.15, -0.1) is 0 Å². The zero-order valence-electron chi connectivity index (χ0n) is 11.0. The third kappa shape index (κ3) is 3.74. The molecule has 2 aliphatic rings. The molecule has 2 unspecified atom stereocenters. The van der Waals surface area contributed by atoms with Crippen LogP contribution in [0.3, 0.4) is 0 Å². The molecule has 16 heavy (non-hydrogen) atoms. The highest BCUT2D eigenvalue weighted by Gasteiger charge is 2.30. The van der Waals surface area contributed by atoms with E-state index in [9.17, 15) is 0 Å². The van der Waals surface area contributed by atoms with Gasteiger partial charge in [0.05, 0.1) is 0 Å². The van der Waals surface area contributed by atoms with Gasteiger partial charge in [0, 0.05) is 18.6 Å². The summed E-state index contributed by atoms with van der Waals surface area (Å²) in [5, 5.41) is 7.44. The van der Waals surface area contributed by atoms with Gasteiger partial charge in [-0.2, -0.15) is 0 Å². The van der Waals surface area contributed by atoms with Crippen LogP contribution in [0, 0.1) is 5.41 Å². The lowest BCUT2D eigenvalue weighted by Crippen LogP contribution is -2.41. The monoisotopic (exact) mass is 224 g/mol. The Hall–Kier alpha value is -0.0800. The molecule has 1 heterocycles. The molecular weight excluding hydrogens is 196 g/mol. The van der Waals surface area contributed by atoms with Crippen molar-refractivity contribution in [2.75, 3.05) is 13.1 Å². The van der Waals surface area contributed by atoms with E-state index in [0.717, 1.165) is 12.1 Å². The first-order valence-corrected chi connectivity index (χ1v) is 7.12. The Morgan fingerprint density at radius 3 is 2.81 bits per heavy atom. The summed E-state index contributed by atoms with van der Waals surface area (Å²) < 4.78 is 0. The number of hydrogen-bond donors (Lipinski definition) is 2. The van der Waals surface area contributed by atoms with Gasteiger partial charge in [-0.05, 0) is 44.1 Å². The predicted molar refractivity (Wildman–Crippen MR) is 69.7 cm³/mol. The van der Waals surface area contributed by atoms with Crippen LogP contribution >= 0.6 is 0 Å². The van der Waals surface area contributed by atoms with E-state index in [1.165, 1.54) is 58.0 Å². The van der Waals surface area contributed by atoms with Gasteiger partial charge in [-0.25, -0.2) is 0 Å². The first kappa shape index (κ1) is 12.4. The van der Waals surface area contributed by atoms with Gasteiger partial charge in [-0.1, -0.05) is 26.7 Å². The van der Waals surface area contributed by atoms with Crippen LogP contribution < -0.4 is 10.6 Å². The molecule has 1 saturated carbocycles. The highest BCUT2D eigenvalue weighted by molar-refractivity contribution is 4.87. The Bertz CT molecular complexity index is 200. The summed E-state index contributed by atoms with van der Waals surface area (Å²) in [5.41, 5.74) is 0.578. The normalized spacial score (nSPS) is 34.9. The molecule has 2 atom stereocenters. The maximum absolute atomic E-state index is 3.77. The van der Waals surface area contributed by atoms with E-state index in [1.54, 1.807) is 0 Å². The van der Waals surface area contributed by atoms with Crippen LogP contribution in [-0.4, -0.2) is 25.2 Å². The standard InChI is InChI=1S/C14H28N2/c1-14(2)8-7-12(10-14)16-11-13-6-4-3-5-9-15-13/h12-13,15-16H,3-11H2,1-2H3. The fourth-order valence-corrected chi connectivity index (χ4v) is 3.19. The van der Waals surface area contributed by atoms with E-state index in [0.29, 0.717) is 5.41 Å². The van der Waals surface area contributed by atoms with Crippen molar-refractivity contribution in [2.45, 2.75) is 70.9 Å². The molecule has 2 heteroatoms. The van der Waals surface area contributed by atoms with E-state index >= 15 is 0 Å². The second kappa shape index (κ2) is 5.50. The lowest BCUT2D eigenvalue weighted by molar-refractivity contribution is 0.356. The third-order valence-corrected chi connectivity index (χ3v) is 4.28. The zero-order valence-corrected chi connectivity index (χ0v) is 11.0. The van der Waals surface area contributed by atoms with E-state index in [4.69, 9.17) is 0 Å². The first-order chi connectivity index (χ1) is 7.66. The lowest BCUT2D eigenvalue weighted by atomic mass is 9.92. The van der Waals surface area contributed by atoms with E-state index in [1.807, 2.05) is 0 Å². The van der Waals surface area contributed by atoms with Crippen molar-refractivity contribution in [3.05, 3.63) is 0 Å². The minimum atomic E-state index is 0.578. The lowest BCUT2D eigenvalue weighted by Gasteiger charge is -2.21. The summed E-state index contributed by atoms with van der Waals surface area (Å²) in [7, 11) is 0. The third-order valence-electron chi connectivity index (χ3n) is 4.28. The molecule has 2 nitrogen and oxygen atoms in total. The molecule has 0 bridgehead atoms. The summed E-state index contributed by atoms with van der Waals surface area (Å²) in [6.07, 6.45) is 9.69. The molecule has 1 saturated heterocycles. The Kier molecular flexibility index (Phi) is 4.26. The number of hydrogen-bond acceptors (Lipinski definition) is 2. The summed E-state index contributed by atoms with van der Waals surface area (Å²) in [6, 6.07) is 1.51. The van der Waals surface area contributed by atoms with Crippen LogP contribution in [-0.2, 0) is 0 Å². The minimum Gasteiger partial charge on any atom is -0.313 e. The SMILES string of the molecule is CC1(C)CCC(NCC2CCCCCN2)C1. The fraction of sp³-hybridized carbons (Fsp3) is 1.00. The first-order valence-electron chi connectivity index (χ1n) is 7.12. The molecule has 0 spiro atoms. The van der Waals surface area contributed by atoms with Crippen LogP contribution in [0.15, 0.2) is 0 Å². The average molecular weight is 224 g/mol. The molecule has 0 radical (unpaired) electrons. The van der Waals surface area contributed by atoms with Crippen LogP contribution in [0.5, 0.6) is 0 Å². The zero-order chi connectivity index (χ0) is 11.4. The Labute approximate surface area is 101 Å². The summed E-state index contributed by atoms with van der Waals surface area (Å²) in [6.45, 7) is 7.21. The van der Waals surface area contributed by atoms with Crippen molar-refractivity contribution in [2.24, 2.45) is 5.41 Å². The molecule has 0 aromatic heterocycles. The molecule has 94 valence electrons. The van der Waals surface area contributed by atoms with Crippen LogP contribution in [0.25, 0.3) is 0 Å². The van der Waals surface area contributed by atoms with Gasteiger partial charge in [-0.3, -0.25) is 0 Å². The predicted octanol–water partition coefficient (Wildman–Crippen LogP) is 2.69. The van der Waals surface area contributed by atoms with E-state index < -0.39 is 0 Å². The van der Waals surface area contributed by atoms with Crippen LogP contribution in [0.4, 0.5) is 0 Å². The van der Waals surface area contributed by atoms with Gasteiger partial charge in [0.2, 0.25) is 0 Å². The Morgan fingerprint density at radius 2 is 2.06 bits per heavy atom. The van der Waals surface area contributed by atoms with Gasteiger partial charge < -0.3 is 10.6 Å². The molecule has 2 N–H and O–H groups in total.